The molecule has 72 valence electrons. The fraction of sp³-hybridized carbons (Fsp3) is 0.778. The minimum atomic E-state index is -0.292. The monoisotopic (exact) mass is 172 g/mol. The van der Waals surface area contributed by atoms with Crippen molar-refractivity contribution in [1.29, 1.82) is 0 Å². The molecule has 0 aromatic heterocycles. The smallest absolute Gasteiger partial charge is 0.126 e. The molecule has 0 aliphatic carbocycles. The number of hydrogen-bond donors (Lipinski definition) is 2. The van der Waals surface area contributed by atoms with Crippen LogP contribution in [0, 0.1) is 5.92 Å². The van der Waals surface area contributed by atoms with Gasteiger partial charge in [0, 0.05) is 12.7 Å². The van der Waals surface area contributed by atoms with Crippen LogP contribution >= 0.6 is 0 Å². The van der Waals surface area contributed by atoms with Crippen LogP contribution in [-0.2, 0) is 4.74 Å². The first-order valence-electron chi connectivity index (χ1n) is 4.29. The van der Waals surface area contributed by atoms with Gasteiger partial charge in [-0.3, -0.25) is 0 Å². The van der Waals surface area contributed by atoms with Crippen molar-refractivity contribution < 1.29 is 4.74 Å². The molecule has 1 unspecified atom stereocenters. The van der Waals surface area contributed by atoms with Gasteiger partial charge in [0.05, 0.1) is 6.61 Å². The Hall–Kier alpha value is -0.540. The van der Waals surface area contributed by atoms with Crippen LogP contribution in [0.2, 0.25) is 0 Å². The van der Waals surface area contributed by atoms with Gasteiger partial charge in [0.25, 0.3) is 0 Å². The van der Waals surface area contributed by atoms with Crippen LogP contribution < -0.4 is 11.1 Å². The Kier molecular flexibility index (Phi) is 5.76. The minimum absolute atomic E-state index is 0.292. The summed E-state index contributed by atoms with van der Waals surface area (Å²) in [7, 11) is 1.86. The average Bonchev–Trinajstić information content (AvgIpc) is 2.00. The van der Waals surface area contributed by atoms with Gasteiger partial charge in [-0.2, -0.15) is 0 Å². The number of hydrogen-bond acceptors (Lipinski definition) is 3. The van der Waals surface area contributed by atoms with Crippen LogP contribution in [0.5, 0.6) is 0 Å². The van der Waals surface area contributed by atoms with Gasteiger partial charge in [-0.25, -0.2) is 0 Å². The highest BCUT2D eigenvalue weighted by atomic mass is 16.5. The maximum Gasteiger partial charge on any atom is 0.126 e. The molecule has 0 fully saturated rings. The minimum Gasteiger partial charge on any atom is -0.392 e. The van der Waals surface area contributed by atoms with Crippen molar-refractivity contribution in [3.05, 3.63) is 11.8 Å². The lowest BCUT2D eigenvalue weighted by Gasteiger charge is -2.12. The van der Waals surface area contributed by atoms with E-state index in [1.807, 2.05) is 20.0 Å². The van der Waals surface area contributed by atoms with E-state index in [0.29, 0.717) is 12.5 Å². The average molecular weight is 172 g/mol. The van der Waals surface area contributed by atoms with Gasteiger partial charge in [0.2, 0.25) is 0 Å². The summed E-state index contributed by atoms with van der Waals surface area (Å²) < 4.78 is 5.34. The molecule has 3 nitrogen and oxygen atoms in total. The van der Waals surface area contributed by atoms with Crippen molar-refractivity contribution in [2.75, 3.05) is 13.7 Å². The molecular formula is C9H20N2O. The second kappa shape index (κ2) is 6.03. The standard InChI is InChI=1S/C9H20N2O/c1-7(2)6-12-9(10)5-8(3)11-4/h5,7,9,11H,6,10H2,1-4H3/b8-5-. The summed E-state index contributed by atoms with van der Waals surface area (Å²) in [6, 6.07) is 0. The van der Waals surface area contributed by atoms with E-state index in [0.717, 1.165) is 5.70 Å². The number of rotatable bonds is 5. The van der Waals surface area contributed by atoms with Gasteiger partial charge >= 0.3 is 0 Å². The Balaban J connectivity index is 3.65. The number of nitrogens with one attached hydrogen (secondary N) is 1. The Morgan fingerprint density at radius 1 is 1.58 bits per heavy atom. The second-order valence-corrected chi connectivity index (χ2v) is 3.29. The first-order valence-corrected chi connectivity index (χ1v) is 4.29. The normalized spacial score (nSPS) is 15.0. The molecular weight excluding hydrogens is 152 g/mol. The zero-order valence-corrected chi connectivity index (χ0v) is 8.42. The van der Waals surface area contributed by atoms with Crippen LogP contribution in [0.25, 0.3) is 0 Å². The summed E-state index contributed by atoms with van der Waals surface area (Å²) in [6.07, 6.45) is 1.57. The predicted octanol–water partition coefficient (Wildman–Crippen LogP) is 1.07. The van der Waals surface area contributed by atoms with Crippen LogP contribution in [0.3, 0.4) is 0 Å². The molecule has 0 saturated heterocycles. The fourth-order valence-electron chi connectivity index (χ4n) is 0.681. The highest BCUT2D eigenvalue weighted by Gasteiger charge is 2.00. The van der Waals surface area contributed by atoms with Crippen LogP contribution in [0.1, 0.15) is 20.8 Å². The Labute approximate surface area is 75.0 Å². The molecule has 0 heterocycles. The largest absolute Gasteiger partial charge is 0.392 e. The van der Waals surface area contributed by atoms with Gasteiger partial charge in [0.15, 0.2) is 0 Å². The molecule has 3 heteroatoms. The summed E-state index contributed by atoms with van der Waals surface area (Å²) in [5, 5.41) is 2.98. The van der Waals surface area contributed by atoms with Crippen molar-refractivity contribution in [3.8, 4) is 0 Å². The predicted molar refractivity (Wildman–Crippen MR) is 51.6 cm³/mol. The summed E-state index contributed by atoms with van der Waals surface area (Å²) in [4.78, 5) is 0. The van der Waals surface area contributed by atoms with E-state index in [4.69, 9.17) is 10.5 Å². The Morgan fingerprint density at radius 2 is 2.17 bits per heavy atom. The molecule has 12 heavy (non-hydrogen) atoms. The first kappa shape index (κ1) is 11.5. The third-order valence-electron chi connectivity index (χ3n) is 1.43. The molecule has 0 rings (SSSR count). The summed E-state index contributed by atoms with van der Waals surface area (Å²) in [5.41, 5.74) is 6.69. The molecule has 0 bridgehead atoms. The van der Waals surface area contributed by atoms with Crippen LogP contribution in [0.15, 0.2) is 11.8 Å². The van der Waals surface area contributed by atoms with Gasteiger partial charge < -0.3 is 15.8 Å². The molecule has 0 aromatic carbocycles. The maximum absolute atomic E-state index is 5.66. The lowest BCUT2D eigenvalue weighted by atomic mass is 10.2. The molecule has 1 atom stereocenters. The van der Waals surface area contributed by atoms with E-state index in [-0.39, 0.29) is 6.23 Å². The van der Waals surface area contributed by atoms with E-state index < -0.39 is 0 Å². The highest BCUT2D eigenvalue weighted by molar-refractivity contribution is 4.97. The van der Waals surface area contributed by atoms with Crippen molar-refractivity contribution in [1.82, 2.24) is 5.32 Å². The van der Waals surface area contributed by atoms with Crippen LogP contribution in [-0.4, -0.2) is 19.9 Å². The first-order chi connectivity index (χ1) is 5.56. The van der Waals surface area contributed by atoms with Crippen molar-refractivity contribution in [2.24, 2.45) is 11.7 Å². The third kappa shape index (κ3) is 6.19. The summed E-state index contributed by atoms with van der Waals surface area (Å²) in [6.45, 7) is 6.86. The molecule has 0 aliphatic rings. The Morgan fingerprint density at radius 3 is 2.58 bits per heavy atom. The van der Waals surface area contributed by atoms with Crippen molar-refractivity contribution in [3.63, 3.8) is 0 Å². The fourth-order valence-corrected chi connectivity index (χ4v) is 0.681. The van der Waals surface area contributed by atoms with E-state index in [1.165, 1.54) is 0 Å². The molecule has 0 saturated carbocycles. The number of ether oxygens (including phenoxy) is 1. The maximum atomic E-state index is 5.66. The molecule has 0 aromatic rings. The van der Waals surface area contributed by atoms with Crippen molar-refractivity contribution >= 4 is 0 Å². The molecule has 0 aliphatic heterocycles. The van der Waals surface area contributed by atoms with Gasteiger partial charge in [0.1, 0.15) is 6.23 Å². The summed E-state index contributed by atoms with van der Waals surface area (Å²) in [5.74, 6) is 0.527. The molecule has 3 N–H and O–H groups in total. The van der Waals surface area contributed by atoms with E-state index in [9.17, 15) is 0 Å². The molecule has 0 spiro atoms. The zero-order valence-electron chi connectivity index (χ0n) is 8.42. The zero-order chi connectivity index (χ0) is 9.56. The Bertz CT molecular complexity index is 143. The quantitative estimate of drug-likeness (QED) is 0.610. The lowest BCUT2D eigenvalue weighted by Crippen LogP contribution is -2.24. The van der Waals surface area contributed by atoms with Gasteiger partial charge in [-0.15, -0.1) is 0 Å². The second-order valence-electron chi connectivity index (χ2n) is 3.29. The van der Waals surface area contributed by atoms with Gasteiger partial charge in [-0.1, -0.05) is 13.8 Å². The number of nitrogens with two attached hydrogens (primary N) is 1. The van der Waals surface area contributed by atoms with Crippen molar-refractivity contribution in [2.45, 2.75) is 27.0 Å². The highest BCUT2D eigenvalue weighted by Crippen LogP contribution is 1.97. The summed E-state index contributed by atoms with van der Waals surface area (Å²) >= 11 is 0. The van der Waals surface area contributed by atoms with Crippen LogP contribution in [0.4, 0.5) is 0 Å². The number of allylic oxidation sites excluding steroid dienone is 1. The topological polar surface area (TPSA) is 47.3 Å². The molecule has 0 amide bonds. The SMILES string of the molecule is CN/C(C)=C\C(N)OCC(C)C. The lowest BCUT2D eigenvalue weighted by molar-refractivity contribution is 0.0685. The van der Waals surface area contributed by atoms with E-state index in [1.54, 1.807) is 0 Å². The van der Waals surface area contributed by atoms with Gasteiger partial charge in [-0.05, 0) is 18.9 Å². The molecule has 0 radical (unpaired) electrons. The third-order valence-corrected chi connectivity index (χ3v) is 1.43. The van der Waals surface area contributed by atoms with E-state index in [2.05, 4.69) is 19.2 Å². The van der Waals surface area contributed by atoms with E-state index >= 15 is 0 Å².